The number of rotatable bonds is 21. The number of pyridine rings is 1. The number of nitriles is 1. The number of halogens is 4. The van der Waals surface area contributed by atoms with Crippen molar-refractivity contribution in [2.45, 2.75) is 91.1 Å². The van der Waals surface area contributed by atoms with Crippen molar-refractivity contribution >= 4 is 29.2 Å². The molecule has 4 atom stereocenters. The number of carbonyl (C=O) groups is 5. The number of Topliss-reactive ketones (excluding diaryl/α,β-unsaturated/α-hetero) is 3. The van der Waals surface area contributed by atoms with Gasteiger partial charge in [-0.15, -0.1) is 0 Å². The van der Waals surface area contributed by atoms with Gasteiger partial charge in [-0.2, -0.15) is 14.0 Å². The number of ketones is 3. The molecule has 380 valence electrons. The van der Waals surface area contributed by atoms with E-state index in [1.807, 2.05) is 6.07 Å². The summed E-state index contributed by atoms with van der Waals surface area (Å²) >= 11 is 0. The summed E-state index contributed by atoms with van der Waals surface area (Å²) in [5.74, 6) is -12.4. The lowest BCUT2D eigenvalue weighted by atomic mass is 9.87. The van der Waals surface area contributed by atoms with Crippen LogP contribution in [0.25, 0.3) is 22.4 Å². The fourth-order valence-corrected chi connectivity index (χ4v) is 8.63. The average molecular weight is 988 g/mol. The van der Waals surface area contributed by atoms with Gasteiger partial charge in [-0.25, -0.2) is 8.78 Å². The lowest BCUT2D eigenvalue weighted by molar-refractivity contribution is -0.142. The van der Waals surface area contributed by atoms with Gasteiger partial charge >= 0.3 is 0 Å². The van der Waals surface area contributed by atoms with E-state index in [9.17, 15) is 29.2 Å². The summed E-state index contributed by atoms with van der Waals surface area (Å²) in [5.41, 5.74) is 18.0. The van der Waals surface area contributed by atoms with Crippen molar-refractivity contribution in [3.63, 3.8) is 0 Å². The zero-order valence-corrected chi connectivity index (χ0v) is 40.6. The molecule has 1 aromatic heterocycles. The molecule has 0 unspecified atom stereocenters. The van der Waals surface area contributed by atoms with E-state index < -0.39 is 106 Å². The van der Waals surface area contributed by atoms with Crippen LogP contribution in [0, 0.1) is 60.3 Å². The number of aryl methyl sites for hydroxylation is 2. The molecule has 0 saturated heterocycles. The number of amides is 2. The molecule has 1 aliphatic rings. The van der Waals surface area contributed by atoms with Gasteiger partial charge in [0.1, 0.15) is 30.8 Å². The first-order valence-corrected chi connectivity index (χ1v) is 23.6. The van der Waals surface area contributed by atoms with Gasteiger partial charge in [0.25, 0.3) is 0 Å². The first kappa shape index (κ1) is 55.2. The largest absolute Gasteiger partial charge is 0.492 e. The minimum Gasteiger partial charge on any atom is -0.492 e. The first-order valence-electron chi connectivity index (χ1n) is 23.6. The van der Waals surface area contributed by atoms with Crippen molar-refractivity contribution in [1.82, 2.24) is 15.2 Å². The maximum absolute atomic E-state index is 15.4. The van der Waals surface area contributed by atoms with Gasteiger partial charge in [-0.1, -0.05) is 32.4 Å². The highest BCUT2D eigenvalue weighted by atomic mass is 19.2. The summed E-state index contributed by atoms with van der Waals surface area (Å²) in [6.45, 7) is 6.42. The summed E-state index contributed by atoms with van der Waals surface area (Å²) in [4.78, 5) is 76.5. The van der Waals surface area contributed by atoms with Crippen LogP contribution in [0.5, 0.6) is 17.2 Å². The average Bonchev–Trinajstić information content (AvgIpc) is 3.34. The maximum Gasteiger partial charge on any atom is 0.226 e. The monoisotopic (exact) mass is 987 g/mol. The van der Waals surface area contributed by atoms with E-state index in [0.29, 0.717) is 46.6 Å². The summed E-state index contributed by atoms with van der Waals surface area (Å²) in [6, 6.07) is 10.7. The van der Waals surface area contributed by atoms with Crippen LogP contribution in [0.4, 0.5) is 17.6 Å². The van der Waals surface area contributed by atoms with Gasteiger partial charge in [0.2, 0.25) is 23.4 Å². The SMILES string of the molecule is CCCCOc1c(F)c(F)c(-c2cc(C)c(C(=O)C[C@@H](CCN)C(=O)N(C)[C@@H]3C(=O)C[C@@H](C)C(=O)N[C@H](C(=O)CCC#N)Cc4ccc(OCCN)c(c4)-c4cc3ccc4OCCN)c(C)n2)c(F)c1F. The smallest absolute Gasteiger partial charge is 0.226 e. The number of unbranched alkanes of at least 4 members (excludes halogenated alkanes) is 1. The normalized spacial score (nSPS) is 16.3. The van der Waals surface area contributed by atoms with Gasteiger partial charge in [0, 0.05) is 80.0 Å². The second-order valence-electron chi connectivity index (χ2n) is 17.5. The molecule has 19 heteroatoms. The molecular formula is C52H61F4N7O8. The molecule has 1 aliphatic heterocycles. The van der Waals surface area contributed by atoms with E-state index in [1.165, 1.54) is 32.7 Å². The van der Waals surface area contributed by atoms with E-state index >= 15 is 17.6 Å². The molecule has 0 saturated carbocycles. The predicted octanol–water partition coefficient (Wildman–Crippen LogP) is 6.69. The number of carbonyl (C=O) groups excluding carboxylic acids is 5. The minimum absolute atomic E-state index is 0.0154. The van der Waals surface area contributed by atoms with Crippen molar-refractivity contribution in [2.75, 3.05) is 46.5 Å². The van der Waals surface area contributed by atoms with Gasteiger partial charge in [0.05, 0.1) is 30.0 Å². The molecule has 0 aliphatic carbocycles. The molecule has 2 amide bonds. The van der Waals surface area contributed by atoms with Crippen LogP contribution in [0.2, 0.25) is 0 Å². The highest BCUT2D eigenvalue weighted by Crippen LogP contribution is 2.41. The zero-order chi connectivity index (χ0) is 52.1. The number of nitrogens with zero attached hydrogens (tertiary/aromatic N) is 3. The molecule has 4 bridgehead atoms. The Hall–Kier alpha value is -6.75. The first-order chi connectivity index (χ1) is 33.9. The van der Waals surface area contributed by atoms with Gasteiger partial charge in [0.15, 0.2) is 34.7 Å². The molecule has 71 heavy (non-hydrogen) atoms. The van der Waals surface area contributed by atoms with Crippen LogP contribution in [-0.2, 0) is 25.6 Å². The Balaban J connectivity index is 1.57. The number of benzene rings is 3. The summed E-state index contributed by atoms with van der Waals surface area (Å²) < 4.78 is 78.3. The molecule has 0 fully saturated rings. The molecule has 3 aromatic carbocycles. The molecule has 4 aromatic rings. The number of hydrogen-bond donors (Lipinski definition) is 4. The minimum atomic E-state index is -1.74. The molecule has 5 rings (SSSR count). The van der Waals surface area contributed by atoms with Gasteiger partial charge in [-0.3, -0.25) is 29.0 Å². The Morgan fingerprint density at radius 2 is 1.51 bits per heavy atom. The van der Waals surface area contributed by atoms with Crippen LogP contribution >= 0.6 is 0 Å². The molecule has 7 N–H and O–H groups in total. The van der Waals surface area contributed by atoms with E-state index in [0.717, 1.165) is 6.07 Å². The summed E-state index contributed by atoms with van der Waals surface area (Å²) in [7, 11) is 1.39. The third-order valence-electron chi connectivity index (χ3n) is 12.2. The van der Waals surface area contributed by atoms with Crippen LogP contribution in [0.3, 0.4) is 0 Å². The molecule has 2 heterocycles. The van der Waals surface area contributed by atoms with Crippen molar-refractivity contribution in [2.24, 2.45) is 29.0 Å². The summed E-state index contributed by atoms with van der Waals surface area (Å²) in [5, 5.41) is 12.0. The van der Waals surface area contributed by atoms with Crippen molar-refractivity contribution in [3.05, 3.63) is 93.7 Å². The predicted molar refractivity (Wildman–Crippen MR) is 256 cm³/mol. The van der Waals surface area contributed by atoms with Crippen LogP contribution in [0.15, 0.2) is 42.5 Å². The third-order valence-corrected chi connectivity index (χ3v) is 12.2. The maximum atomic E-state index is 15.4. The van der Waals surface area contributed by atoms with E-state index in [2.05, 4.69) is 10.3 Å². The highest BCUT2D eigenvalue weighted by Gasteiger charge is 2.37. The molecule has 0 spiro atoms. The standard InChI is InChI=1S/C52H61F4N7O8/c1-6-7-19-71-50-47(55)45(53)44(46(54)48(50)56)37-22-28(2)43(30(4)61-37)39(65)27-33(14-16-58)52(68)63(5)49-32-11-13-42(70-21-18-60)35(26-32)34-24-31(10-12-41(34)69-20-17-59)25-36(38(64)9-8-15-57)62-51(67)29(3)23-40(49)66/h10-13,22,24,26,29,33,36,49H,6-9,14,16-21,23,25,27,58-60H2,1-5H3,(H,62,67)/t29-,33-,36+,49+/m1/s1. The second-order valence-corrected chi connectivity index (χ2v) is 17.5. The van der Waals surface area contributed by atoms with Crippen molar-refractivity contribution < 1.29 is 55.7 Å². The Morgan fingerprint density at radius 3 is 2.10 bits per heavy atom. The fraction of sp³-hybridized carbons (Fsp3) is 0.442. The van der Waals surface area contributed by atoms with E-state index in [1.54, 1.807) is 43.3 Å². The van der Waals surface area contributed by atoms with E-state index in [4.69, 9.17) is 31.4 Å². The van der Waals surface area contributed by atoms with Crippen LogP contribution in [0.1, 0.15) is 97.6 Å². The Morgan fingerprint density at radius 1 is 0.873 bits per heavy atom. The number of fused-ring (bicyclic) bond motifs is 5. The Kier molecular flexibility index (Phi) is 19.7. The quantitative estimate of drug-likeness (QED) is 0.0295. The van der Waals surface area contributed by atoms with E-state index in [-0.39, 0.29) is 82.0 Å². The van der Waals surface area contributed by atoms with Crippen LogP contribution in [-0.4, -0.2) is 91.6 Å². The summed E-state index contributed by atoms with van der Waals surface area (Å²) in [6.07, 6.45) is -0.0883. The van der Waals surface area contributed by atoms with Crippen molar-refractivity contribution in [1.29, 1.82) is 5.26 Å². The third kappa shape index (κ3) is 13.0. The molecule has 15 nitrogen and oxygen atoms in total. The second kappa shape index (κ2) is 25.4. The number of ether oxygens (including phenoxy) is 3. The molecule has 0 radical (unpaired) electrons. The number of likely N-dealkylation sites (N-methyl/N-ethyl adjacent to an activating group) is 1. The topological polar surface area (TPSA) is 243 Å². The zero-order valence-electron chi connectivity index (χ0n) is 40.6. The van der Waals surface area contributed by atoms with Gasteiger partial charge in [-0.05, 0) is 86.7 Å². The highest BCUT2D eigenvalue weighted by molar-refractivity contribution is 6.02. The van der Waals surface area contributed by atoms with Crippen LogP contribution < -0.4 is 36.7 Å². The van der Waals surface area contributed by atoms with Crippen molar-refractivity contribution in [3.8, 4) is 45.7 Å². The number of nitrogens with two attached hydrogens (primary N) is 3. The fourth-order valence-electron chi connectivity index (χ4n) is 8.63. The lowest BCUT2D eigenvalue weighted by Crippen LogP contribution is -2.46. The lowest BCUT2D eigenvalue weighted by Gasteiger charge is -2.32. The number of hydrogen-bond acceptors (Lipinski definition) is 13. The molecular weight excluding hydrogens is 927 g/mol. The number of aromatic nitrogens is 1. The van der Waals surface area contributed by atoms with Gasteiger partial charge < -0.3 is 41.6 Å². The Labute approximate surface area is 410 Å². The Bertz CT molecular complexity index is 2630. The number of nitrogens with one attached hydrogen (secondary N) is 1.